The first-order valence-electron chi connectivity index (χ1n) is 5.54. The molecule has 0 spiro atoms. The van der Waals surface area contributed by atoms with Crippen LogP contribution in [-0.2, 0) is 0 Å². The molecular weight excluding hydrogens is 252 g/mol. The minimum absolute atomic E-state index is 0.805. The maximum atomic E-state index is 4.28. The Hall–Kier alpha value is -0.570. The first-order valence-corrected chi connectivity index (χ1v) is 6.34. The summed E-state index contributed by atoms with van der Waals surface area (Å²) in [6.07, 6.45) is 4.56. The van der Waals surface area contributed by atoms with Crippen molar-refractivity contribution in [1.82, 2.24) is 4.98 Å². The summed E-state index contributed by atoms with van der Waals surface area (Å²) in [6.45, 7) is 6.71. The van der Waals surface area contributed by atoms with E-state index in [2.05, 4.69) is 38.8 Å². The van der Waals surface area contributed by atoms with E-state index in [-0.39, 0.29) is 0 Å². The fourth-order valence-corrected chi connectivity index (χ4v) is 2.67. The molecule has 82 valence electrons. The fraction of sp³-hybridized carbons (Fsp3) is 0.583. The molecule has 0 bridgehead atoms. The first kappa shape index (κ1) is 10.9. The van der Waals surface area contributed by atoms with Crippen molar-refractivity contribution in [3.63, 3.8) is 0 Å². The molecule has 3 heteroatoms. The van der Waals surface area contributed by atoms with E-state index in [1.807, 2.05) is 13.1 Å². The van der Waals surface area contributed by atoms with Crippen molar-refractivity contribution in [3.05, 3.63) is 22.4 Å². The van der Waals surface area contributed by atoms with Crippen LogP contribution in [-0.4, -0.2) is 18.1 Å². The molecule has 0 radical (unpaired) electrons. The predicted molar refractivity (Wildman–Crippen MR) is 67.3 cm³/mol. The maximum absolute atomic E-state index is 4.28. The Morgan fingerprint density at radius 3 is 3.07 bits per heavy atom. The molecule has 1 aromatic heterocycles. The lowest BCUT2D eigenvalue weighted by atomic mass is 10.00. The highest BCUT2D eigenvalue weighted by Gasteiger charge is 2.18. The highest BCUT2D eigenvalue weighted by Crippen LogP contribution is 2.30. The third-order valence-corrected chi connectivity index (χ3v) is 4.02. The predicted octanol–water partition coefficient (Wildman–Crippen LogP) is 3.39. The summed E-state index contributed by atoms with van der Waals surface area (Å²) in [5.41, 5.74) is 2.37. The van der Waals surface area contributed by atoms with Crippen LogP contribution in [0.25, 0.3) is 0 Å². The van der Waals surface area contributed by atoms with Crippen LogP contribution in [0.15, 0.2) is 16.7 Å². The van der Waals surface area contributed by atoms with E-state index in [0.717, 1.165) is 16.1 Å². The third kappa shape index (κ3) is 2.33. The van der Waals surface area contributed by atoms with E-state index >= 15 is 0 Å². The molecule has 1 unspecified atom stereocenters. The van der Waals surface area contributed by atoms with Crippen LogP contribution in [0.4, 0.5) is 5.69 Å². The zero-order valence-electron chi connectivity index (χ0n) is 9.33. The zero-order chi connectivity index (χ0) is 10.8. The molecule has 1 atom stereocenters. The van der Waals surface area contributed by atoms with Gasteiger partial charge in [0.05, 0.1) is 15.9 Å². The van der Waals surface area contributed by atoms with Gasteiger partial charge in [0, 0.05) is 19.3 Å². The number of aromatic nitrogens is 1. The number of rotatable bonds is 1. The van der Waals surface area contributed by atoms with E-state index in [0.29, 0.717) is 0 Å². The summed E-state index contributed by atoms with van der Waals surface area (Å²) in [7, 11) is 0. The number of pyridine rings is 1. The van der Waals surface area contributed by atoms with Crippen LogP contribution in [0, 0.1) is 12.8 Å². The topological polar surface area (TPSA) is 16.1 Å². The van der Waals surface area contributed by atoms with Gasteiger partial charge in [-0.15, -0.1) is 0 Å². The van der Waals surface area contributed by atoms with Gasteiger partial charge in [-0.25, -0.2) is 0 Å². The average Bonchev–Trinajstić information content (AvgIpc) is 2.22. The van der Waals surface area contributed by atoms with Crippen molar-refractivity contribution < 1.29 is 0 Å². The summed E-state index contributed by atoms with van der Waals surface area (Å²) in [4.78, 5) is 6.74. The van der Waals surface area contributed by atoms with Gasteiger partial charge in [-0.2, -0.15) is 0 Å². The van der Waals surface area contributed by atoms with Gasteiger partial charge in [-0.05, 0) is 47.7 Å². The summed E-state index contributed by atoms with van der Waals surface area (Å²) < 4.78 is 1.15. The Labute approximate surface area is 99.8 Å². The fourth-order valence-electron chi connectivity index (χ4n) is 2.19. The Bertz CT molecular complexity index is 351. The van der Waals surface area contributed by atoms with E-state index in [1.165, 1.54) is 31.6 Å². The number of nitrogens with zero attached hydrogens (tertiary/aromatic N) is 2. The molecule has 1 aliphatic heterocycles. The van der Waals surface area contributed by atoms with Gasteiger partial charge in [0.2, 0.25) is 0 Å². The quantitative estimate of drug-likeness (QED) is 0.776. The van der Waals surface area contributed by atoms with Gasteiger partial charge in [0.1, 0.15) is 0 Å². The second kappa shape index (κ2) is 4.52. The molecule has 2 nitrogen and oxygen atoms in total. The minimum atomic E-state index is 0.805. The lowest BCUT2D eigenvalue weighted by Gasteiger charge is -2.33. The maximum Gasteiger partial charge on any atom is 0.0621 e. The molecule has 15 heavy (non-hydrogen) atoms. The van der Waals surface area contributed by atoms with Crippen LogP contribution >= 0.6 is 15.9 Å². The number of hydrogen-bond acceptors (Lipinski definition) is 2. The van der Waals surface area contributed by atoms with E-state index < -0.39 is 0 Å². The van der Waals surface area contributed by atoms with Crippen LogP contribution in [0.3, 0.4) is 0 Å². The van der Waals surface area contributed by atoms with Crippen LogP contribution < -0.4 is 4.90 Å². The van der Waals surface area contributed by atoms with Crippen molar-refractivity contribution in [2.24, 2.45) is 5.92 Å². The van der Waals surface area contributed by atoms with Gasteiger partial charge in [0.25, 0.3) is 0 Å². The summed E-state index contributed by atoms with van der Waals surface area (Å²) in [5.74, 6) is 0.805. The van der Waals surface area contributed by atoms with Gasteiger partial charge in [0.15, 0.2) is 0 Å². The molecular formula is C12H17BrN2. The second-order valence-corrected chi connectivity index (χ2v) is 5.22. The number of piperidine rings is 1. The van der Waals surface area contributed by atoms with Gasteiger partial charge >= 0.3 is 0 Å². The summed E-state index contributed by atoms with van der Waals surface area (Å²) >= 11 is 3.63. The summed E-state index contributed by atoms with van der Waals surface area (Å²) in [6, 6.07) is 2.11. The Morgan fingerprint density at radius 2 is 2.33 bits per heavy atom. The van der Waals surface area contributed by atoms with E-state index in [1.54, 1.807) is 0 Å². The number of hydrogen-bond donors (Lipinski definition) is 0. The first-order chi connectivity index (χ1) is 7.18. The Morgan fingerprint density at radius 1 is 1.53 bits per heavy atom. The van der Waals surface area contributed by atoms with Gasteiger partial charge in [-0.3, -0.25) is 4.98 Å². The molecule has 0 N–H and O–H groups in total. The largest absolute Gasteiger partial charge is 0.370 e. The number of halogens is 1. The number of aryl methyl sites for hydroxylation is 1. The van der Waals surface area contributed by atoms with Gasteiger partial charge < -0.3 is 4.90 Å². The normalized spacial score (nSPS) is 21.8. The zero-order valence-corrected chi connectivity index (χ0v) is 10.9. The Kier molecular flexibility index (Phi) is 3.29. The third-order valence-electron chi connectivity index (χ3n) is 3.04. The van der Waals surface area contributed by atoms with Gasteiger partial charge in [-0.1, -0.05) is 6.92 Å². The molecule has 0 aliphatic carbocycles. The van der Waals surface area contributed by atoms with Crippen molar-refractivity contribution >= 4 is 21.6 Å². The van der Waals surface area contributed by atoms with E-state index in [9.17, 15) is 0 Å². The smallest absolute Gasteiger partial charge is 0.0621 e. The Balaban J connectivity index is 2.24. The standard InChI is InChI=1S/C12H17BrN2/c1-9-4-3-7-15(8-9)11-5-6-14-10(2)12(11)13/h5-6,9H,3-4,7-8H2,1-2H3. The van der Waals surface area contributed by atoms with E-state index in [4.69, 9.17) is 0 Å². The molecule has 1 saturated heterocycles. The van der Waals surface area contributed by atoms with Crippen molar-refractivity contribution in [3.8, 4) is 0 Å². The molecule has 1 fully saturated rings. The summed E-state index contributed by atoms with van der Waals surface area (Å²) in [5, 5.41) is 0. The molecule has 0 aromatic carbocycles. The highest BCUT2D eigenvalue weighted by molar-refractivity contribution is 9.10. The molecule has 1 aromatic rings. The SMILES string of the molecule is Cc1nccc(N2CCCC(C)C2)c1Br. The van der Waals surface area contributed by atoms with Crippen LogP contribution in [0.2, 0.25) is 0 Å². The lowest BCUT2D eigenvalue weighted by Crippen LogP contribution is -2.34. The second-order valence-electron chi connectivity index (χ2n) is 4.42. The highest BCUT2D eigenvalue weighted by atomic mass is 79.9. The average molecular weight is 269 g/mol. The molecule has 0 amide bonds. The van der Waals surface area contributed by atoms with Crippen molar-refractivity contribution in [2.45, 2.75) is 26.7 Å². The van der Waals surface area contributed by atoms with Crippen LogP contribution in [0.1, 0.15) is 25.5 Å². The minimum Gasteiger partial charge on any atom is -0.370 e. The molecule has 0 saturated carbocycles. The molecule has 1 aliphatic rings. The monoisotopic (exact) mass is 268 g/mol. The molecule has 2 rings (SSSR count). The number of anilines is 1. The van der Waals surface area contributed by atoms with Crippen molar-refractivity contribution in [2.75, 3.05) is 18.0 Å². The molecule has 2 heterocycles. The van der Waals surface area contributed by atoms with Crippen molar-refractivity contribution in [1.29, 1.82) is 0 Å². The van der Waals surface area contributed by atoms with Crippen LogP contribution in [0.5, 0.6) is 0 Å². The lowest BCUT2D eigenvalue weighted by molar-refractivity contribution is 0.446.